The van der Waals surface area contributed by atoms with Crippen LogP contribution in [0.1, 0.15) is 81.7 Å². The van der Waals surface area contributed by atoms with Gasteiger partial charge in [-0.25, -0.2) is 0 Å². The quantitative estimate of drug-likeness (QED) is 0.121. The van der Waals surface area contributed by atoms with Crippen molar-refractivity contribution >= 4 is 113 Å². The van der Waals surface area contributed by atoms with E-state index < -0.39 is 0 Å². The lowest BCUT2D eigenvalue weighted by Crippen LogP contribution is -2.30. The smallest absolute Gasteiger partial charge is 0.0409 e. The third-order valence-electron chi connectivity index (χ3n) is 11.2. The van der Waals surface area contributed by atoms with Crippen LogP contribution >= 0.6 is 113 Å². The minimum Gasteiger partial charge on any atom is -0.412 e. The minimum atomic E-state index is 0. The number of rotatable bonds is 7. The Kier molecular flexibility index (Phi) is 36.6. The number of benzene rings is 5. The Morgan fingerprint density at radius 2 is 0.719 bits per heavy atom. The molecule has 5 aromatic rings. The van der Waals surface area contributed by atoms with Crippen LogP contribution in [0, 0.1) is 0 Å². The maximum atomic E-state index is 6.68. The van der Waals surface area contributed by atoms with E-state index in [1.807, 2.05) is 6.07 Å². The molecule has 8 nitrogen and oxygen atoms in total. The van der Waals surface area contributed by atoms with Crippen molar-refractivity contribution in [1.82, 2.24) is 31.1 Å². The topological polar surface area (TPSA) is 118 Å². The predicted molar refractivity (Wildman–Crippen MR) is 303 cm³/mol. The first-order valence-corrected chi connectivity index (χ1v) is 21.4. The number of nitrogens with one attached hydrogen (secondary N) is 4. The molecule has 4 bridgehead atoms. The van der Waals surface area contributed by atoms with Crippen molar-refractivity contribution in [3.63, 3.8) is 0 Å². The number of halogens is 7. The molecule has 5 aromatic carbocycles. The van der Waals surface area contributed by atoms with E-state index in [-0.39, 0.29) is 119 Å². The molecule has 0 aliphatic carbocycles. The van der Waals surface area contributed by atoms with Crippen LogP contribution in [0.25, 0.3) is 0 Å². The lowest BCUT2D eigenvalue weighted by Gasteiger charge is -2.26. The SMILES string of the molecule is Br.Br.Br.Br.Br.Br.Clc1cccc(C(c2cccc(CN3CCCNCc4cccc(c4)CNCCC3)c2)c2cccc(CN3CCCNCc4cccc(c4)CNCCC3)c2)c1.O.O. The van der Waals surface area contributed by atoms with Gasteiger partial charge in [-0.3, -0.25) is 9.80 Å². The van der Waals surface area contributed by atoms with E-state index in [1.165, 1.54) is 50.1 Å². The van der Waals surface area contributed by atoms with Gasteiger partial charge in [0.25, 0.3) is 0 Å². The molecule has 64 heavy (non-hydrogen) atoms. The van der Waals surface area contributed by atoms with Gasteiger partial charge in [-0.15, -0.1) is 102 Å². The maximum Gasteiger partial charge on any atom is 0.0409 e. The standard InChI is InChI=1S/C49H61ClN6.6BrH.2H2O/c50-48-19-5-18-47(32-48)49(45-16-3-14-43(30-45)37-55-24-6-20-51-33-39-10-1-11-40(28-39)34-52-21-7-25-55)46-17-4-15-44(31-46)38-56-26-8-22-53-35-41-12-2-13-42(29-41)36-54-23-9-27-56;;;;;;;;/h1-5,10-19,28-32,49,51-54H,6-9,20-27,33-38H2;6*1H;2*1H2. The lowest BCUT2D eigenvalue weighted by molar-refractivity contribution is 0.256. The lowest BCUT2D eigenvalue weighted by atomic mass is 9.84. The van der Waals surface area contributed by atoms with Crippen molar-refractivity contribution in [2.45, 2.75) is 70.9 Å². The molecule has 0 spiro atoms. The van der Waals surface area contributed by atoms with Crippen LogP contribution in [0.4, 0.5) is 0 Å². The fraction of sp³-hybridized carbons (Fsp3) is 0.388. The highest BCUT2D eigenvalue weighted by Crippen LogP contribution is 2.34. The number of hydrogen-bond acceptors (Lipinski definition) is 6. The summed E-state index contributed by atoms with van der Waals surface area (Å²) in [7, 11) is 0. The highest BCUT2D eigenvalue weighted by molar-refractivity contribution is 8.93. The van der Waals surface area contributed by atoms with E-state index >= 15 is 0 Å². The molecule has 2 heterocycles. The normalized spacial score (nSPS) is 15.3. The second-order valence-corrected chi connectivity index (χ2v) is 16.2. The largest absolute Gasteiger partial charge is 0.412 e. The van der Waals surface area contributed by atoms with Crippen molar-refractivity contribution in [3.05, 3.63) is 176 Å². The summed E-state index contributed by atoms with van der Waals surface area (Å²) in [5, 5.41) is 15.5. The fourth-order valence-electron chi connectivity index (χ4n) is 8.40. The Hall–Kier alpha value is -1.05. The van der Waals surface area contributed by atoms with E-state index in [0.717, 1.165) is 122 Å². The van der Waals surface area contributed by atoms with Crippen molar-refractivity contribution in [2.75, 3.05) is 52.4 Å². The van der Waals surface area contributed by atoms with Crippen LogP contribution in [0.5, 0.6) is 0 Å². The highest BCUT2D eigenvalue weighted by atomic mass is 79.9. The number of nitrogens with zero attached hydrogens (tertiary/aromatic N) is 2. The molecule has 2 aliphatic heterocycles. The third kappa shape index (κ3) is 21.5. The molecule has 0 radical (unpaired) electrons. The molecule has 7 rings (SSSR count). The van der Waals surface area contributed by atoms with Crippen LogP contribution in [-0.2, 0) is 39.3 Å². The zero-order valence-electron chi connectivity index (χ0n) is 36.6. The average molecular weight is 1290 g/mol. The second kappa shape index (κ2) is 36.0. The van der Waals surface area contributed by atoms with Crippen molar-refractivity contribution < 1.29 is 11.0 Å². The molecule has 0 fully saturated rings. The maximum absolute atomic E-state index is 6.68. The van der Waals surface area contributed by atoms with Crippen LogP contribution < -0.4 is 21.3 Å². The summed E-state index contributed by atoms with van der Waals surface area (Å²) in [5.41, 5.74) is 12.0. The summed E-state index contributed by atoms with van der Waals surface area (Å²) in [5.74, 6) is 0.0857. The molecule has 2 aliphatic rings. The molecule has 8 N–H and O–H groups in total. The zero-order valence-corrected chi connectivity index (χ0v) is 47.6. The summed E-state index contributed by atoms with van der Waals surface area (Å²) in [6, 6.07) is 45.0. The Bertz CT molecular complexity index is 1810. The van der Waals surface area contributed by atoms with Crippen LogP contribution in [0.2, 0.25) is 5.02 Å². The molecule has 0 atom stereocenters. The molecular weight excluding hydrogens is 1220 g/mol. The Morgan fingerprint density at radius 1 is 0.406 bits per heavy atom. The van der Waals surface area contributed by atoms with E-state index in [0.29, 0.717) is 0 Å². The molecule has 15 heteroatoms. The monoisotopic (exact) mass is 1280 g/mol. The Morgan fingerprint density at radius 3 is 1.06 bits per heavy atom. The van der Waals surface area contributed by atoms with Gasteiger partial charge in [-0.2, -0.15) is 0 Å². The first-order chi connectivity index (χ1) is 27.6. The number of hydrogen-bond donors (Lipinski definition) is 4. The summed E-state index contributed by atoms with van der Waals surface area (Å²) >= 11 is 6.68. The first kappa shape index (κ1) is 65.0. The van der Waals surface area contributed by atoms with E-state index in [1.54, 1.807) is 0 Å². The number of fused-ring (bicyclic) bond motifs is 4. The van der Waals surface area contributed by atoms with Gasteiger partial charge in [-0.05, 0) is 140 Å². The van der Waals surface area contributed by atoms with Crippen molar-refractivity contribution in [1.29, 1.82) is 0 Å². The van der Waals surface area contributed by atoms with Gasteiger partial charge in [0.15, 0.2) is 0 Å². The van der Waals surface area contributed by atoms with Crippen LogP contribution in [0.3, 0.4) is 0 Å². The molecule has 0 saturated carbocycles. The summed E-state index contributed by atoms with van der Waals surface area (Å²) in [6.45, 7) is 14.0. The van der Waals surface area contributed by atoms with E-state index in [2.05, 4.69) is 146 Å². The molecule has 0 saturated heterocycles. The fourth-order valence-corrected chi connectivity index (χ4v) is 8.60. The summed E-state index contributed by atoms with van der Waals surface area (Å²) < 4.78 is 0. The third-order valence-corrected chi connectivity index (χ3v) is 11.4. The second-order valence-electron chi connectivity index (χ2n) is 15.8. The highest BCUT2D eigenvalue weighted by Gasteiger charge is 2.20. The summed E-state index contributed by atoms with van der Waals surface area (Å²) in [4.78, 5) is 5.29. The van der Waals surface area contributed by atoms with Gasteiger partial charge < -0.3 is 32.2 Å². The molecule has 358 valence electrons. The van der Waals surface area contributed by atoms with E-state index in [4.69, 9.17) is 11.6 Å². The summed E-state index contributed by atoms with van der Waals surface area (Å²) in [6.07, 6.45) is 4.51. The van der Waals surface area contributed by atoms with Gasteiger partial charge in [0.1, 0.15) is 0 Å². The average Bonchev–Trinajstić information content (AvgIpc) is 3.20. The van der Waals surface area contributed by atoms with Crippen LogP contribution in [0.15, 0.2) is 121 Å². The minimum absolute atomic E-state index is 0. The molecule has 0 amide bonds. The van der Waals surface area contributed by atoms with Gasteiger partial charge in [0.05, 0.1) is 0 Å². The van der Waals surface area contributed by atoms with Gasteiger partial charge >= 0.3 is 0 Å². The van der Waals surface area contributed by atoms with Gasteiger partial charge in [-0.1, -0.05) is 121 Å². The van der Waals surface area contributed by atoms with Crippen molar-refractivity contribution in [3.8, 4) is 0 Å². The van der Waals surface area contributed by atoms with Gasteiger partial charge in [0.2, 0.25) is 0 Å². The predicted octanol–water partition coefficient (Wildman–Crippen LogP) is 10.3. The van der Waals surface area contributed by atoms with E-state index in [9.17, 15) is 0 Å². The first-order valence-electron chi connectivity index (χ1n) is 21.0. The zero-order chi connectivity index (χ0) is 38.2. The Balaban J connectivity index is 0. The molecule has 0 unspecified atom stereocenters. The van der Waals surface area contributed by atoms with Crippen LogP contribution in [-0.4, -0.2) is 73.1 Å². The van der Waals surface area contributed by atoms with Gasteiger partial charge in [0, 0.05) is 50.2 Å². The molecular formula is C49H71Br6ClN6O2. The molecule has 0 aromatic heterocycles. The van der Waals surface area contributed by atoms with Crippen molar-refractivity contribution in [2.24, 2.45) is 0 Å². The Labute approximate surface area is 451 Å².